The molecule has 2 aromatic rings. The Hall–Kier alpha value is -1.96. The first kappa shape index (κ1) is 19.8. The van der Waals surface area contributed by atoms with Gasteiger partial charge in [0, 0.05) is 48.9 Å². The van der Waals surface area contributed by atoms with Crippen molar-refractivity contribution in [2.45, 2.75) is 17.2 Å². The maximum Gasteiger partial charge on any atom is 0.288 e. The maximum atomic E-state index is 12.3. The molecule has 0 spiro atoms. The molecule has 0 radical (unpaired) electrons. The predicted octanol–water partition coefficient (Wildman–Crippen LogP) is 4.00. The number of hydrogen-bond donors (Lipinski definition) is 1. The van der Waals surface area contributed by atoms with E-state index in [0.29, 0.717) is 27.9 Å². The second-order valence-corrected chi connectivity index (χ2v) is 7.70. The minimum absolute atomic E-state index is 0.254. The molecule has 27 heavy (non-hydrogen) atoms. The van der Waals surface area contributed by atoms with Crippen LogP contribution in [0.2, 0.25) is 0 Å². The van der Waals surface area contributed by atoms with Crippen molar-refractivity contribution in [3.05, 3.63) is 59.7 Å². The van der Waals surface area contributed by atoms with Crippen molar-refractivity contribution < 1.29 is 13.6 Å². The van der Waals surface area contributed by atoms with Crippen LogP contribution in [0.3, 0.4) is 0 Å². The van der Waals surface area contributed by atoms with E-state index in [0.717, 1.165) is 32.7 Å². The van der Waals surface area contributed by atoms with E-state index in [1.54, 1.807) is 12.1 Å². The standard InChI is InChI=1S/C20H23F2N3OS/c1-24-10-12-25(13-11-24)14-15-2-6-17(7-3-15)23-19(26)16-4-8-18(9-5-16)27-20(21)22/h2-9,20H,10-14H2,1H3,(H,23,26). The Morgan fingerprint density at radius 3 is 2.26 bits per heavy atom. The normalized spacial score (nSPS) is 15.9. The van der Waals surface area contributed by atoms with Crippen LogP contribution < -0.4 is 5.32 Å². The van der Waals surface area contributed by atoms with Crippen LogP contribution in [0.1, 0.15) is 15.9 Å². The monoisotopic (exact) mass is 391 g/mol. The number of carbonyl (C=O) groups is 1. The third-order valence-corrected chi connectivity index (χ3v) is 5.28. The average molecular weight is 391 g/mol. The maximum absolute atomic E-state index is 12.3. The van der Waals surface area contributed by atoms with Gasteiger partial charge in [0.05, 0.1) is 0 Å². The number of alkyl halides is 2. The average Bonchev–Trinajstić information content (AvgIpc) is 2.65. The summed E-state index contributed by atoms with van der Waals surface area (Å²) in [5.41, 5.74) is 2.37. The quantitative estimate of drug-likeness (QED) is 0.755. The molecule has 1 amide bonds. The summed E-state index contributed by atoms with van der Waals surface area (Å²) in [5, 5.41) is 2.84. The number of halogens is 2. The molecule has 7 heteroatoms. The predicted molar refractivity (Wildman–Crippen MR) is 105 cm³/mol. The highest BCUT2D eigenvalue weighted by Gasteiger charge is 2.14. The van der Waals surface area contributed by atoms with Gasteiger partial charge >= 0.3 is 0 Å². The van der Waals surface area contributed by atoms with Crippen LogP contribution in [0, 0.1) is 0 Å². The van der Waals surface area contributed by atoms with Gasteiger partial charge in [-0.15, -0.1) is 0 Å². The smallest absolute Gasteiger partial charge is 0.288 e. The van der Waals surface area contributed by atoms with Crippen LogP contribution in [0.4, 0.5) is 14.5 Å². The van der Waals surface area contributed by atoms with Crippen molar-refractivity contribution in [2.24, 2.45) is 0 Å². The van der Waals surface area contributed by atoms with E-state index in [1.807, 2.05) is 24.3 Å². The van der Waals surface area contributed by atoms with Gasteiger partial charge in [-0.3, -0.25) is 9.69 Å². The van der Waals surface area contributed by atoms with Gasteiger partial charge in [0.15, 0.2) is 0 Å². The minimum Gasteiger partial charge on any atom is -0.322 e. The Morgan fingerprint density at radius 1 is 1.04 bits per heavy atom. The lowest BCUT2D eigenvalue weighted by Gasteiger charge is -2.32. The first-order chi connectivity index (χ1) is 13.0. The molecular weight excluding hydrogens is 368 g/mol. The lowest BCUT2D eigenvalue weighted by atomic mass is 10.1. The highest BCUT2D eigenvalue weighted by Crippen LogP contribution is 2.25. The topological polar surface area (TPSA) is 35.6 Å². The number of rotatable bonds is 6. The first-order valence-corrected chi connectivity index (χ1v) is 9.73. The molecule has 1 aliphatic rings. The third-order valence-electron chi connectivity index (χ3n) is 4.56. The Labute approximate surface area is 162 Å². The van der Waals surface area contributed by atoms with E-state index >= 15 is 0 Å². The van der Waals surface area contributed by atoms with E-state index in [2.05, 4.69) is 22.2 Å². The number of anilines is 1. The molecule has 1 N–H and O–H groups in total. The lowest BCUT2D eigenvalue weighted by Crippen LogP contribution is -2.43. The molecule has 1 aliphatic heterocycles. The number of carbonyl (C=O) groups excluding carboxylic acids is 1. The van der Waals surface area contributed by atoms with Crippen molar-refractivity contribution in [1.82, 2.24) is 9.80 Å². The van der Waals surface area contributed by atoms with Crippen molar-refractivity contribution in [3.63, 3.8) is 0 Å². The molecule has 1 saturated heterocycles. The van der Waals surface area contributed by atoms with Crippen LogP contribution in [0.5, 0.6) is 0 Å². The molecule has 0 aromatic heterocycles. The highest BCUT2D eigenvalue weighted by molar-refractivity contribution is 7.99. The minimum atomic E-state index is -2.46. The summed E-state index contributed by atoms with van der Waals surface area (Å²) in [5.74, 6) is -2.72. The van der Waals surface area contributed by atoms with Gasteiger partial charge in [-0.05, 0) is 49.0 Å². The number of hydrogen-bond acceptors (Lipinski definition) is 4. The van der Waals surface area contributed by atoms with Crippen LogP contribution in [-0.2, 0) is 6.54 Å². The Kier molecular flexibility index (Phi) is 6.82. The van der Waals surface area contributed by atoms with Gasteiger partial charge in [0.2, 0.25) is 0 Å². The second-order valence-electron chi connectivity index (χ2n) is 6.63. The number of nitrogens with zero attached hydrogens (tertiary/aromatic N) is 2. The van der Waals surface area contributed by atoms with Crippen LogP contribution >= 0.6 is 11.8 Å². The van der Waals surface area contributed by atoms with E-state index < -0.39 is 5.76 Å². The van der Waals surface area contributed by atoms with Gasteiger partial charge < -0.3 is 10.2 Å². The Bertz CT molecular complexity index is 745. The van der Waals surface area contributed by atoms with Crippen molar-refractivity contribution >= 4 is 23.4 Å². The van der Waals surface area contributed by atoms with Gasteiger partial charge in [-0.1, -0.05) is 23.9 Å². The zero-order chi connectivity index (χ0) is 19.2. The molecule has 144 valence electrons. The van der Waals surface area contributed by atoms with E-state index in [9.17, 15) is 13.6 Å². The molecule has 2 aromatic carbocycles. The molecule has 4 nitrogen and oxygen atoms in total. The number of thioether (sulfide) groups is 1. The molecule has 0 atom stereocenters. The molecule has 0 aliphatic carbocycles. The number of likely N-dealkylation sites (N-methyl/N-ethyl adjacent to an activating group) is 1. The van der Waals surface area contributed by atoms with Gasteiger partial charge in [0.1, 0.15) is 0 Å². The summed E-state index contributed by atoms with van der Waals surface area (Å²) in [7, 11) is 2.14. The fourth-order valence-electron chi connectivity index (χ4n) is 2.95. The number of benzene rings is 2. The summed E-state index contributed by atoms with van der Waals surface area (Å²) < 4.78 is 24.7. The number of amides is 1. The molecule has 1 heterocycles. The van der Waals surface area contributed by atoms with E-state index in [1.165, 1.54) is 17.7 Å². The summed E-state index contributed by atoms with van der Waals surface area (Å²) in [4.78, 5) is 17.5. The molecule has 0 saturated carbocycles. The molecule has 1 fully saturated rings. The first-order valence-electron chi connectivity index (χ1n) is 8.86. The lowest BCUT2D eigenvalue weighted by molar-refractivity contribution is 0.102. The molecule has 3 rings (SSSR count). The number of piperazine rings is 1. The van der Waals surface area contributed by atoms with Gasteiger partial charge in [-0.25, -0.2) is 0 Å². The summed E-state index contributed by atoms with van der Waals surface area (Å²) in [6, 6.07) is 14.0. The van der Waals surface area contributed by atoms with Crippen molar-refractivity contribution in [1.29, 1.82) is 0 Å². The van der Waals surface area contributed by atoms with E-state index in [-0.39, 0.29) is 5.91 Å². The fraction of sp³-hybridized carbons (Fsp3) is 0.350. The summed E-state index contributed by atoms with van der Waals surface area (Å²) in [6.45, 7) is 5.21. The SMILES string of the molecule is CN1CCN(Cc2ccc(NC(=O)c3ccc(SC(F)F)cc3)cc2)CC1. The third kappa shape index (κ3) is 6.02. The largest absolute Gasteiger partial charge is 0.322 e. The van der Waals surface area contributed by atoms with Crippen molar-refractivity contribution in [3.8, 4) is 0 Å². The zero-order valence-corrected chi connectivity index (χ0v) is 16.0. The molecular formula is C20H23F2N3OS. The molecule has 0 unspecified atom stereocenters. The molecule has 0 bridgehead atoms. The Morgan fingerprint density at radius 2 is 1.67 bits per heavy atom. The highest BCUT2D eigenvalue weighted by atomic mass is 32.2. The van der Waals surface area contributed by atoms with Crippen LogP contribution in [-0.4, -0.2) is 54.7 Å². The summed E-state index contributed by atoms with van der Waals surface area (Å²) in [6.07, 6.45) is 0. The van der Waals surface area contributed by atoms with Crippen LogP contribution in [0.25, 0.3) is 0 Å². The van der Waals surface area contributed by atoms with E-state index in [4.69, 9.17) is 0 Å². The summed E-state index contributed by atoms with van der Waals surface area (Å²) >= 11 is 0.467. The fourth-order valence-corrected chi connectivity index (χ4v) is 3.45. The second kappa shape index (κ2) is 9.30. The Balaban J connectivity index is 1.53. The zero-order valence-electron chi connectivity index (χ0n) is 15.2. The van der Waals surface area contributed by atoms with Crippen molar-refractivity contribution in [2.75, 3.05) is 38.5 Å². The van der Waals surface area contributed by atoms with Gasteiger partial charge in [-0.2, -0.15) is 8.78 Å². The number of nitrogens with one attached hydrogen (secondary N) is 1. The van der Waals surface area contributed by atoms with Gasteiger partial charge in [0.25, 0.3) is 11.7 Å². The van der Waals surface area contributed by atoms with Crippen LogP contribution in [0.15, 0.2) is 53.4 Å².